The minimum Gasteiger partial charge on any atom is -0.383 e. The molecule has 2 N–H and O–H groups in total. The average molecular weight is 312 g/mol. The van der Waals surface area contributed by atoms with E-state index in [4.69, 9.17) is 16.3 Å². The lowest BCUT2D eigenvalue weighted by molar-refractivity contribution is -0.117. The van der Waals surface area contributed by atoms with Gasteiger partial charge in [0.25, 0.3) is 0 Å². The Morgan fingerprint density at radius 3 is 2.90 bits per heavy atom. The van der Waals surface area contributed by atoms with Crippen molar-refractivity contribution in [3.8, 4) is 0 Å². The van der Waals surface area contributed by atoms with Crippen LogP contribution in [0, 0.1) is 0 Å². The Balaban J connectivity index is 2.24. The van der Waals surface area contributed by atoms with E-state index in [1.165, 1.54) is 0 Å². The predicted octanol–water partition coefficient (Wildman–Crippen LogP) is 2.42. The molecule has 21 heavy (non-hydrogen) atoms. The number of ether oxygens (including phenoxy) is 1. The number of carbonyl (C=O) groups is 1. The summed E-state index contributed by atoms with van der Waals surface area (Å²) < 4.78 is 5.08. The number of fused-ring (bicyclic) bond motifs is 1. The highest BCUT2D eigenvalue weighted by Gasteiger charge is 2.31. The molecule has 0 saturated carbocycles. The Bertz CT molecular complexity index is 522. The molecule has 1 atom stereocenters. The zero-order valence-electron chi connectivity index (χ0n) is 12.7. The highest BCUT2D eigenvalue weighted by Crippen LogP contribution is 2.38. The van der Waals surface area contributed by atoms with Gasteiger partial charge in [-0.25, -0.2) is 0 Å². The molecule has 1 unspecified atom stereocenters. The van der Waals surface area contributed by atoms with E-state index in [-0.39, 0.29) is 11.9 Å². The Kier molecular flexibility index (Phi) is 5.45. The molecule has 2 rings (SSSR count). The third-order valence-electron chi connectivity index (χ3n) is 3.59. The molecule has 5 nitrogen and oxygen atoms in total. The van der Waals surface area contributed by atoms with Gasteiger partial charge in [-0.3, -0.25) is 4.79 Å². The Labute approximate surface area is 130 Å². The number of hydrogen-bond acceptors (Lipinski definition) is 4. The number of anilines is 2. The lowest BCUT2D eigenvalue weighted by atomic mass is 10.1. The van der Waals surface area contributed by atoms with Crippen molar-refractivity contribution in [2.45, 2.75) is 19.4 Å². The van der Waals surface area contributed by atoms with E-state index in [1.807, 2.05) is 24.1 Å². The summed E-state index contributed by atoms with van der Waals surface area (Å²) >= 11 is 6.38. The van der Waals surface area contributed by atoms with Crippen LogP contribution in [-0.2, 0) is 9.53 Å². The van der Waals surface area contributed by atoms with Gasteiger partial charge in [-0.15, -0.1) is 0 Å². The summed E-state index contributed by atoms with van der Waals surface area (Å²) in [7, 11) is 3.62. The van der Waals surface area contributed by atoms with Crippen molar-refractivity contribution in [3.05, 3.63) is 22.7 Å². The third-order valence-corrected chi connectivity index (χ3v) is 3.89. The lowest BCUT2D eigenvalue weighted by Crippen LogP contribution is -2.28. The standard InChI is InChI=1S/C15H22ClN3O2/c1-4-5-17-14-10-8-11(16)13(19(2)6-7-21-3)9-12(10)18-15(14)20/h8-9,14,17H,4-7H2,1-3H3,(H,18,20). The molecule has 0 aliphatic carbocycles. The fourth-order valence-electron chi connectivity index (χ4n) is 2.40. The van der Waals surface area contributed by atoms with Crippen LogP contribution in [0.3, 0.4) is 0 Å². The second-order valence-corrected chi connectivity index (χ2v) is 5.59. The molecule has 0 radical (unpaired) electrons. The monoisotopic (exact) mass is 311 g/mol. The molecular formula is C15H22ClN3O2. The van der Waals surface area contributed by atoms with Crippen LogP contribution >= 0.6 is 11.6 Å². The third kappa shape index (κ3) is 3.48. The molecule has 6 heteroatoms. The first-order valence-electron chi connectivity index (χ1n) is 7.16. The summed E-state index contributed by atoms with van der Waals surface area (Å²) in [4.78, 5) is 14.1. The van der Waals surface area contributed by atoms with E-state index in [0.717, 1.165) is 36.4 Å². The van der Waals surface area contributed by atoms with Gasteiger partial charge in [-0.2, -0.15) is 0 Å². The molecule has 1 amide bonds. The lowest BCUT2D eigenvalue weighted by Gasteiger charge is -2.21. The number of nitrogens with one attached hydrogen (secondary N) is 2. The van der Waals surface area contributed by atoms with Gasteiger partial charge in [0.15, 0.2) is 0 Å². The maximum Gasteiger partial charge on any atom is 0.246 e. The van der Waals surface area contributed by atoms with Crippen LogP contribution in [0.15, 0.2) is 12.1 Å². The van der Waals surface area contributed by atoms with Crippen LogP contribution < -0.4 is 15.5 Å². The summed E-state index contributed by atoms with van der Waals surface area (Å²) in [6.07, 6.45) is 0.977. The average Bonchev–Trinajstić information content (AvgIpc) is 2.76. The second kappa shape index (κ2) is 7.11. The largest absolute Gasteiger partial charge is 0.383 e. The van der Waals surface area contributed by atoms with E-state index in [1.54, 1.807) is 7.11 Å². The number of halogens is 1. The van der Waals surface area contributed by atoms with Crippen molar-refractivity contribution in [1.29, 1.82) is 0 Å². The summed E-state index contributed by atoms with van der Waals surface area (Å²) in [6, 6.07) is 3.50. The first-order chi connectivity index (χ1) is 10.1. The first kappa shape index (κ1) is 16.1. The predicted molar refractivity (Wildman–Crippen MR) is 86.3 cm³/mol. The number of hydrogen-bond donors (Lipinski definition) is 2. The topological polar surface area (TPSA) is 53.6 Å². The number of rotatable bonds is 7. The molecule has 0 saturated heterocycles. The van der Waals surface area contributed by atoms with Gasteiger partial charge in [0.1, 0.15) is 6.04 Å². The second-order valence-electron chi connectivity index (χ2n) is 5.18. The normalized spacial score (nSPS) is 16.8. The molecule has 0 fully saturated rings. The van der Waals surface area contributed by atoms with Crippen LogP contribution in [0.5, 0.6) is 0 Å². The van der Waals surface area contributed by atoms with Gasteiger partial charge in [0.05, 0.1) is 17.3 Å². The number of methoxy groups -OCH3 is 1. The highest BCUT2D eigenvalue weighted by molar-refractivity contribution is 6.33. The van der Waals surface area contributed by atoms with Crippen LogP contribution in [0.2, 0.25) is 5.02 Å². The number of nitrogens with zero attached hydrogens (tertiary/aromatic N) is 1. The Hall–Kier alpha value is -1.30. The van der Waals surface area contributed by atoms with E-state index in [9.17, 15) is 4.79 Å². The van der Waals surface area contributed by atoms with Crippen LogP contribution in [-0.4, -0.2) is 39.8 Å². The van der Waals surface area contributed by atoms with Crippen molar-refractivity contribution in [3.63, 3.8) is 0 Å². The summed E-state index contributed by atoms with van der Waals surface area (Å²) in [5.41, 5.74) is 2.64. The summed E-state index contributed by atoms with van der Waals surface area (Å²) in [5.74, 6) is -0.0220. The van der Waals surface area contributed by atoms with Gasteiger partial charge >= 0.3 is 0 Å². The number of carbonyl (C=O) groups excluding carboxylic acids is 1. The minimum absolute atomic E-state index is 0.0220. The maximum absolute atomic E-state index is 12.1. The smallest absolute Gasteiger partial charge is 0.246 e. The van der Waals surface area contributed by atoms with Crippen molar-refractivity contribution in [1.82, 2.24) is 5.32 Å². The molecule has 0 aromatic heterocycles. The van der Waals surface area contributed by atoms with Crippen molar-refractivity contribution >= 4 is 28.9 Å². The van der Waals surface area contributed by atoms with Gasteiger partial charge in [0.2, 0.25) is 5.91 Å². The van der Waals surface area contributed by atoms with Crippen molar-refractivity contribution < 1.29 is 9.53 Å². The molecular weight excluding hydrogens is 290 g/mol. The summed E-state index contributed by atoms with van der Waals surface area (Å²) in [5, 5.41) is 6.81. The van der Waals surface area contributed by atoms with Gasteiger partial charge in [-0.1, -0.05) is 18.5 Å². The minimum atomic E-state index is -0.309. The highest BCUT2D eigenvalue weighted by atomic mass is 35.5. The number of likely N-dealkylation sites (N-methyl/N-ethyl adjacent to an activating group) is 1. The SMILES string of the molecule is CCCNC1C(=O)Nc2cc(N(C)CCOC)c(Cl)cc21. The Morgan fingerprint density at radius 1 is 1.48 bits per heavy atom. The molecule has 0 bridgehead atoms. The van der Waals surface area contributed by atoms with Crippen molar-refractivity contribution in [2.75, 3.05) is 44.1 Å². The van der Waals surface area contributed by atoms with Gasteiger partial charge in [0, 0.05) is 32.0 Å². The molecule has 0 spiro atoms. The summed E-state index contributed by atoms with van der Waals surface area (Å²) in [6.45, 7) is 4.23. The molecule has 1 aromatic carbocycles. The molecule has 1 aromatic rings. The van der Waals surface area contributed by atoms with E-state index in [0.29, 0.717) is 11.6 Å². The Morgan fingerprint density at radius 2 is 2.24 bits per heavy atom. The van der Waals surface area contributed by atoms with Gasteiger partial charge < -0.3 is 20.3 Å². The maximum atomic E-state index is 12.1. The van der Waals surface area contributed by atoms with Crippen LogP contribution in [0.25, 0.3) is 0 Å². The van der Waals surface area contributed by atoms with E-state index < -0.39 is 0 Å². The van der Waals surface area contributed by atoms with Crippen LogP contribution in [0.1, 0.15) is 24.9 Å². The molecule has 1 heterocycles. The molecule has 1 aliphatic heterocycles. The number of benzene rings is 1. The van der Waals surface area contributed by atoms with E-state index >= 15 is 0 Å². The molecule has 1 aliphatic rings. The quantitative estimate of drug-likeness (QED) is 0.812. The van der Waals surface area contributed by atoms with E-state index in [2.05, 4.69) is 17.6 Å². The number of amides is 1. The fraction of sp³-hybridized carbons (Fsp3) is 0.533. The zero-order valence-corrected chi connectivity index (χ0v) is 13.5. The molecule has 116 valence electrons. The van der Waals surface area contributed by atoms with Gasteiger partial charge in [-0.05, 0) is 25.1 Å². The fourth-order valence-corrected chi connectivity index (χ4v) is 2.72. The van der Waals surface area contributed by atoms with Crippen molar-refractivity contribution in [2.24, 2.45) is 0 Å². The first-order valence-corrected chi connectivity index (χ1v) is 7.54. The van der Waals surface area contributed by atoms with Crippen LogP contribution in [0.4, 0.5) is 11.4 Å². The zero-order chi connectivity index (χ0) is 15.4.